The molecule has 0 saturated carbocycles. The van der Waals surface area contributed by atoms with Gasteiger partial charge in [0.05, 0.1) is 7.11 Å². The number of hydrogen-bond acceptors (Lipinski definition) is 2. The number of methoxy groups -OCH3 is 1. The van der Waals surface area contributed by atoms with E-state index < -0.39 is 0 Å². The number of hydrogen-bond donors (Lipinski definition) is 1. The maximum atomic E-state index is 6.19. The first-order valence-electron chi connectivity index (χ1n) is 8.49. The Hall–Kier alpha value is -0.980. The zero-order valence-corrected chi connectivity index (χ0v) is 16.3. The molecule has 1 fully saturated rings. The second-order valence-electron chi connectivity index (χ2n) is 6.40. The van der Waals surface area contributed by atoms with Crippen molar-refractivity contribution < 1.29 is 4.74 Å². The van der Waals surface area contributed by atoms with E-state index in [4.69, 9.17) is 15.5 Å². The molecular weight excluding hydrogens is 401 g/mol. The zero-order valence-electron chi connectivity index (χ0n) is 14.0. The summed E-state index contributed by atoms with van der Waals surface area (Å²) in [5.74, 6) is 2.19. The molecule has 0 bridgehead atoms. The van der Waals surface area contributed by atoms with Crippen LogP contribution >= 0.6 is 24.0 Å². The van der Waals surface area contributed by atoms with E-state index >= 15 is 0 Å². The molecule has 0 aromatic heterocycles. The lowest BCUT2D eigenvalue weighted by Gasteiger charge is -2.29. The first-order chi connectivity index (χ1) is 10.8. The van der Waals surface area contributed by atoms with Crippen LogP contribution < -0.4 is 10.5 Å². The van der Waals surface area contributed by atoms with Crippen molar-refractivity contribution in [3.8, 4) is 5.75 Å². The molecule has 0 amide bonds. The Kier molecular flexibility index (Phi) is 6.99. The third-order valence-electron chi connectivity index (χ3n) is 4.94. The lowest BCUT2D eigenvalue weighted by atomic mass is 9.83. The van der Waals surface area contributed by atoms with Crippen LogP contribution in [0, 0.1) is 0 Å². The van der Waals surface area contributed by atoms with Crippen molar-refractivity contribution in [2.75, 3.05) is 26.7 Å². The smallest absolute Gasteiger partial charge is 0.191 e. The molecule has 1 saturated heterocycles. The Morgan fingerprint density at radius 3 is 2.78 bits per heavy atom. The van der Waals surface area contributed by atoms with Gasteiger partial charge < -0.3 is 15.4 Å². The Labute approximate surface area is 156 Å². The van der Waals surface area contributed by atoms with E-state index in [1.807, 2.05) is 0 Å². The normalized spacial score (nSPS) is 21.3. The summed E-state index contributed by atoms with van der Waals surface area (Å²) in [5, 5.41) is 0. The number of likely N-dealkylation sites (tertiary alicyclic amines) is 1. The van der Waals surface area contributed by atoms with E-state index in [0.29, 0.717) is 5.92 Å². The summed E-state index contributed by atoms with van der Waals surface area (Å²) in [6, 6.07) is 6.46. The minimum atomic E-state index is 0. The molecule has 1 unspecified atom stereocenters. The molecule has 1 atom stereocenters. The molecular formula is C18H28IN3O. The molecule has 1 aromatic rings. The fourth-order valence-electron chi connectivity index (χ4n) is 3.63. The summed E-state index contributed by atoms with van der Waals surface area (Å²) in [6.45, 7) is 2.93. The average molecular weight is 429 g/mol. The highest BCUT2D eigenvalue weighted by Gasteiger charge is 2.21. The third-order valence-corrected chi connectivity index (χ3v) is 4.94. The fraction of sp³-hybridized carbons (Fsp3) is 0.611. The van der Waals surface area contributed by atoms with E-state index in [-0.39, 0.29) is 24.0 Å². The largest absolute Gasteiger partial charge is 0.497 e. The predicted octanol–water partition coefficient (Wildman–Crippen LogP) is 3.53. The number of aliphatic imine (C=N–C) groups is 1. The van der Waals surface area contributed by atoms with Crippen molar-refractivity contribution in [2.24, 2.45) is 10.7 Å². The van der Waals surface area contributed by atoms with Gasteiger partial charge in [-0.25, -0.2) is 0 Å². The Bertz CT molecular complexity index is 541. The van der Waals surface area contributed by atoms with E-state index in [1.54, 1.807) is 7.11 Å². The fourth-order valence-corrected chi connectivity index (χ4v) is 3.63. The van der Waals surface area contributed by atoms with Crippen LogP contribution in [-0.4, -0.2) is 37.6 Å². The van der Waals surface area contributed by atoms with Crippen LogP contribution in [0.5, 0.6) is 5.75 Å². The summed E-state index contributed by atoms with van der Waals surface area (Å²) in [4.78, 5) is 6.94. The quantitative estimate of drug-likeness (QED) is 0.455. The van der Waals surface area contributed by atoms with Crippen LogP contribution in [0.25, 0.3) is 0 Å². The molecule has 1 aromatic carbocycles. The SMILES string of the molecule is COc1ccc2c(c1)CCCC2CN=C(N)N1CCCCC1.I. The van der Waals surface area contributed by atoms with Gasteiger partial charge in [-0.3, -0.25) is 4.99 Å². The van der Waals surface area contributed by atoms with Gasteiger partial charge in [0.15, 0.2) is 5.96 Å². The number of fused-ring (bicyclic) bond motifs is 1. The van der Waals surface area contributed by atoms with Gasteiger partial charge in [0, 0.05) is 25.6 Å². The number of piperidine rings is 1. The monoisotopic (exact) mass is 429 g/mol. The first kappa shape index (κ1) is 18.4. The van der Waals surface area contributed by atoms with Gasteiger partial charge in [-0.05, 0) is 61.8 Å². The molecule has 23 heavy (non-hydrogen) atoms. The van der Waals surface area contributed by atoms with Crippen molar-refractivity contribution in [1.82, 2.24) is 4.90 Å². The summed E-state index contributed by atoms with van der Waals surface area (Å²) in [5.41, 5.74) is 9.04. The van der Waals surface area contributed by atoms with E-state index in [9.17, 15) is 0 Å². The topological polar surface area (TPSA) is 50.9 Å². The summed E-state index contributed by atoms with van der Waals surface area (Å²) >= 11 is 0. The van der Waals surface area contributed by atoms with E-state index in [2.05, 4.69) is 23.1 Å². The molecule has 5 heteroatoms. The van der Waals surface area contributed by atoms with Crippen molar-refractivity contribution in [3.05, 3.63) is 29.3 Å². The van der Waals surface area contributed by atoms with Crippen molar-refractivity contribution >= 4 is 29.9 Å². The minimum Gasteiger partial charge on any atom is -0.497 e. The van der Waals surface area contributed by atoms with Gasteiger partial charge in [-0.2, -0.15) is 0 Å². The van der Waals surface area contributed by atoms with Crippen molar-refractivity contribution in [2.45, 2.75) is 44.4 Å². The molecule has 1 heterocycles. The Morgan fingerprint density at radius 1 is 1.26 bits per heavy atom. The summed E-state index contributed by atoms with van der Waals surface area (Å²) in [7, 11) is 1.73. The van der Waals surface area contributed by atoms with Gasteiger partial charge in [0.25, 0.3) is 0 Å². The number of nitrogens with two attached hydrogens (primary N) is 1. The Morgan fingerprint density at radius 2 is 2.04 bits per heavy atom. The molecule has 0 radical (unpaired) electrons. The molecule has 1 aliphatic carbocycles. The van der Waals surface area contributed by atoms with Crippen molar-refractivity contribution in [1.29, 1.82) is 0 Å². The van der Waals surface area contributed by atoms with E-state index in [1.165, 1.54) is 43.2 Å². The molecule has 128 valence electrons. The second-order valence-corrected chi connectivity index (χ2v) is 6.40. The van der Waals surface area contributed by atoms with Crippen molar-refractivity contribution in [3.63, 3.8) is 0 Å². The number of rotatable bonds is 3. The van der Waals surface area contributed by atoms with Gasteiger partial charge in [-0.15, -0.1) is 24.0 Å². The lowest BCUT2D eigenvalue weighted by Crippen LogP contribution is -2.41. The number of aryl methyl sites for hydroxylation is 1. The molecule has 2 aliphatic rings. The molecule has 2 N–H and O–H groups in total. The molecule has 1 aliphatic heterocycles. The number of benzene rings is 1. The molecule has 4 nitrogen and oxygen atoms in total. The van der Waals surface area contributed by atoms with Gasteiger partial charge in [0.2, 0.25) is 0 Å². The first-order valence-corrected chi connectivity index (χ1v) is 8.49. The van der Waals surface area contributed by atoms with Gasteiger partial charge in [-0.1, -0.05) is 6.07 Å². The third kappa shape index (κ3) is 4.52. The standard InChI is InChI=1S/C18H27N3O.HI/c1-22-16-8-9-17-14(12-16)6-5-7-15(17)13-20-18(19)21-10-3-2-4-11-21;/h8-9,12,15H,2-7,10-11,13H2,1H3,(H2,19,20);1H. The van der Waals surface area contributed by atoms with Gasteiger partial charge in [0.1, 0.15) is 5.75 Å². The van der Waals surface area contributed by atoms with Crippen LogP contribution in [0.1, 0.15) is 49.1 Å². The van der Waals surface area contributed by atoms with Crippen LogP contribution in [0.4, 0.5) is 0 Å². The number of halogens is 1. The summed E-state index contributed by atoms with van der Waals surface area (Å²) < 4.78 is 5.34. The minimum absolute atomic E-state index is 0. The van der Waals surface area contributed by atoms with Gasteiger partial charge >= 0.3 is 0 Å². The Balaban J connectivity index is 0.00000192. The highest BCUT2D eigenvalue weighted by atomic mass is 127. The molecule has 3 rings (SSSR count). The lowest BCUT2D eigenvalue weighted by molar-refractivity contribution is 0.337. The highest BCUT2D eigenvalue weighted by molar-refractivity contribution is 14.0. The van der Waals surface area contributed by atoms with Crippen LogP contribution in [-0.2, 0) is 6.42 Å². The maximum Gasteiger partial charge on any atom is 0.191 e. The number of ether oxygens (including phenoxy) is 1. The van der Waals surface area contributed by atoms with E-state index in [0.717, 1.165) is 37.8 Å². The molecule has 0 spiro atoms. The second kappa shape index (κ2) is 8.76. The summed E-state index contributed by atoms with van der Waals surface area (Å²) in [6.07, 6.45) is 7.38. The number of nitrogens with zero attached hydrogens (tertiary/aromatic N) is 2. The van der Waals surface area contributed by atoms with Crippen LogP contribution in [0.2, 0.25) is 0 Å². The zero-order chi connectivity index (χ0) is 15.4. The average Bonchev–Trinajstić information content (AvgIpc) is 2.59. The predicted molar refractivity (Wildman–Crippen MR) is 106 cm³/mol. The van der Waals surface area contributed by atoms with Crippen LogP contribution in [0.3, 0.4) is 0 Å². The highest BCUT2D eigenvalue weighted by Crippen LogP contribution is 2.34. The maximum absolute atomic E-state index is 6.19. The van der Waals surface area contributed by atoms with Crippen LogP contribution in [0.15, 0.2) is 23.2 Å². The number of guanidine groups is 1.